The average Bonchev–Trinajstić information content (AvgIpc) is 2.93. The third-order valence-corrected chi connectivity index (χ3v) is 3.26. The normalized spacial score (nSPS) is 9.95. The maximum absolute atomic E-state index is 11.6. The van der Waals surface area contributed by atoms with Crippen LogP contribution < -0.4 is 15.4 Å². The molecule has 21 heavy (non-hydrogen) atoms. The number of hydrogen-bond donors (Lipinski definition) is 2. The molecule has 0 aromatic carbocycles. The summed E-state index contributed by atoms with van der Waals surface area (Å²) in [6.45, 7) is 0.323. The Hall–Kier alpha value is -2.48. The number of carbonyl (C=O) groups excluding carboxylic acids is 2. The van der Waals surface area contributed by atoms with Gasteiger partial charge in [0.1, 0.15) is 0 Å². The van der Waals surface area contributed by atoms with E-state index in [1.54, 1.807) is 30.9 Å². The molecule has 0 unspecified atom stereocenters. The van der Waals surface area contributed by atoms with Gasteiger partial charge in [0.05, 0.1) is 12.1 Å². The van der Waals surface area contributed by atoms with Gasteiger partial charge in [0.2, 0.25) is 5.91 Å². The van der Waals surface area contributed by atoms with Gasteiger partial charge in [-0.05, 0) is 11.6 Å². The molecule has 0 atom stereocenters. The first-order valence-electron chi connectivity index (χ1n) is 6.17. The van der Waals surface area contributed by atoms with Gasteiger partial charge in [-0.15, -0.1) is 0 Å². The van der Waals surface area contributed by atoms with Crippen LogP contribution in [0.2, 0.25) is 0 Å². The molecular weight excluding hydrogens is 292 g/mol. The number of likely N-dealkylation sites (N-methyl/N-ethyl adjacent to an activating group) is 1. The van der Waals surface area contributed by atoms with Crippen LogP contribution in [-0.4, -0.2) is 29.0 Å². The number of pyridine rings is 1. The van der Waals surface area contributed by atoms with E-state index in [1.807, 2.05) is 6.07 Å². The van der Waals surface area contributed by atoms with Crippen LogP contribution in [0, 0.1) is 0 Å². The Morgan fingerprint density at radius 2 is 2.29 bits per heavy atom. The molecule has 0 aliphatic heterocycles. The maximum Gasteiger partial charge on any atom is 0.414 e. The second-order valence-electron chi connectivity index (χ2n) is 4.06. The third kappa shape index (κ3) is 4.84. The maximum atomic E-state index is 11.6. The SMILES string of the molecule is CNC(=O)Cc1csc(OC(=O)NCc2cccnc2)n1. The molecule has 110 valence electrons. The number of rotatable bonds is 5. The van der Waals surface area contributed by atoms with Crippen LogP contribution in [0.25, 0.3) is 0 Å². The summed E-state index contributed by atoms with van der Waals surface area (Å²) in [4.78, 5) is 30.8. The Balaban J connectivity index is 1.81. The van der Waals surface area contributed by atoms with E-state index in [0.717, 1.165) is 5.56 Å². The number of amides is 2. The van der Waals surface area contributed by atoms with E-state index in [9.17, 15) is 9.59 Å². The van der Waals surface area contributed by atoms with E-state index < -0.39 is 6.09 Å². The highest BCUT2D eigenvalue weighted by Gasteiger charge is 2.10. The lowest BCUT2D eigenvalue weighted by Crippen LogP contribution is -2.26. The van der Waals surface area contributed by atoms with Crippen molar-refractivity contribution in [2.45, 2.75) is 13.0 Å². The van der Waals surface area contributed by atoms with Gasteiger partial charge in [-0.25, -0.2) is 9.78 Å². The van der Waals surface area contributed by atoms with E-state index in [0.29, 0.717) is 12.2 Å². The smallest absolute Gasteiger partial charge is 0.381 e. The zero-order valence-corrected chi connectivity index (χ0v) is 12.1. The van der Waals surface area contributed by atoms with Crippen LogP contribution in [0.1, 0.15) is 11.3 Å². The standard InChI is InChI=1S/C13H14N4O3S/c1-14-11(18)5-10-8-21-13(17-10)20-12(19)16-7-9-3-2-4-15-6-9/h2-4,6,8H,5,7H2,1H3,(H,14,18)(H,16,19). The van der Waals surface area contributed by atoms with Crippen LogP contribution in [0.3, 0.4) is 0 Å². The Morgan fingerprint density at radius 3 is 3.00 bits per heavy atom. The lowest BCUT2D eigenvalue weighted by Gasteiger charge is -2.03. The zero-order chi connectivity index (χ0) is 15.1. The number of thiazole rings is 1. The monoisotopic (exact) mass is 306 g/mol. The predicted molar refractivity (Wildman–Crippen MR) is 77.0 cm³/mol. The molecule has 2 rings (SSSR count). The van der Waals surface area contributed by atoms with E-state index in [-0.39, 0.29) is 17.5 Å². The minimum atomic E-state index is -0.598. The van der Waals surface area contributed by atoms with Crippen LogP contribution in [0.15, 0.2) is 29.9 Å². The molecule has 2 aromatic rings. The Bertz CT molecular complexity index is 615. The first kappa shape index (κ1) is 14.9. The van der Waals surface area contributed by atoms with Crippen molar-refractivity contribution < 1.29 is 14.3 Å². The fourth-order valence-corrected chi connectivity index (χ4v) is 2.13. The average molecular weight is 306 g/mol. The molecule has 0 aliphatic carbocycles. The minimum Gasteiger partial charge on any atom is -0.381 e. The number of carbonyl (C=O) groups is 2. The van der Waals surface area contributed by atoms with Gasteiger partial charge in [0.15, 0.2) is 0 Å². The molecule has 0 spiro atoms. The van der Waals surface area contributed by atoms with Crippen molar-refractivity contribution in [2.24, 2.45) is 0 Å². The number of aromatic nitrogens is 2. The molecule has 2 heterocycles. The number of nitrogens with zero attached hydrogens (tertiary/aromatic N) is 2. The van der Waals surface area contributed by atoms with Crippen molar-refractivity contribution in [3.05, 3.63) is 41.2 Å². The molecule has 2 aromatic heterocycles. The number of nitrogens with one attached hydrogen (secondary N) is 2. The second-order valence-corrected chi connectivity index (χ2v) is 4.88. The lowest BCUT2D eigenvalue weighted by molar-refractivity contribution is -0.120. The van der Waals surface area contributed by atoms with E-state index >= 15 is 0 Å². The molecular formula is C13H14N4O3S. The van der Waals surface area contributed by atoms with Crippen molar-refractivity contribution in [1.29, 1.82) is 0 Å². The largest absolute Gasteiger partial charge is 0.414 e. The van der Waals surface area contributed by atoms with Gasteiger partial charge in [0.25, 0.3) is 5.19 Å². The summed E-state index contributed by atoms with van der Waals surface area (Å²) in [6, 6.07) is 3.63. The summed E-state index contributed by atoms with van der Waals surface area (Å²) in [5, 5.41) is 6.98. The molecule has 7 nitrogen and oxygen atoms in total. The number of ether oxygens (including phenoxy) is 1. The number of hydrogen-bond acceptors (Lipinski definition) is 6. The topological polar surface area (TPSA) is 93.2 Å². The summed E-state index contributed by atoms with van der Waals surface area (Å²) in [5.41, 5.74) is 1.43. The first-order valence-corrected chi connectivity index (χ1v) is 7.05. The quantitative estimate of drug-likeness (QED) is 0.863. The fraction of sp³-hybridized carbons (Fsp3) is 0.231. The lowest BCUT2D eigenvalue weighted by atomic mass is 10.3. The summed E-state index contributed by atoms with van der Waals surface area (Å²) >= 11 is 1.17. The summed E-state index contributed by atoms with van der Waals surface area (Å²) in [5.74, 6) is -0.145. The molecule has 2 N–H and O–H groups in total. The highest BCUT2D eigenvalue weighted by molar-refractivity contribution is 7.11. The predicted octanol–water partition coefficient (Wildman–Crippen LogP) is 1.12. The molecule has 8 heteroatoms. The van der Waals surface area contributed by atoms with E-state index in [2.05, 4.69) is 20.6 Å². The van der Waals surface area contributed by atoms with Crippen LogP contribution in [0.5, 0.6) is 5.19 Å². The van der Waals surface area contributed by atoms with Gasteiger partial charge < -0.3 is 15.4 Å². The van der Waals surface area contributed by atoms with E-state index in [1.165, 1.54) is 11.3 Å². The Kier molecular flexibility index (Phi) is 5.22. The molecule has 0 aliphatic rings. The van der Waals surface area contributed by atoms with Gasteiger partial charge in [-0.2, -0.15) is 0 Å². The Morgan fingerprint density at radius 1 is 1.43 bits per heavy atom. The van der Waals surface area contributed by atoms with Gasteiger partial charge in [-0.1, -0.05) is 17.4 Å². The van der Waals surface area contributed by atoms with Gasteiger partial charge in [0, 0.05) is 31.4 Å². The highest BCUT2D eigenvalue weighted by Crippen LogP contribution is 2.18. The molecule has 2 amide bonds. The Labute approximate surface area is 125 Å². The van der Waals surface area contributed by atoms with Crippen molar-refractivity contribution in [2.75, 3.05) is 7.05 Å². The van der Waals surface area contributed by atoms with Crippen molar-refractivity contribution in [3.8, 4) is 5.19 Å². The molecule has 0 saturated carbocycles. The summed E-state index contributed by atoms with van der Waals surface area (Å²) in [7, 11) is 1.55. The molecule has 0 radical (unpaired) electrons. The summed E-state index contributed by atoms with van der Waals surface area (Å²) in [6.07, 6.45) is 2.88. The van der Waals surface area contributed by atoms with Crippen LogP contribution >= 0.6 is 11.3 Å². The second kappa shape index (κ2) is 7.34. The fourth-order valence-electron chi connectivity index (χ4n) is 1.46. The molecule has 0 fully saturated rings. The van der Waals surface area contributed by atoms with Gasteiger partial charge in [-0.3, -0.25) is 9.78 Å². The first-order chi connectivity index (χ1) is 10.2. The van der Waals surface area contributed by atoms with E-state index in [4.69, 9.17) is 4.74 Å². The van der Waals surface area contributed by atoms with Crippen molar-refractivity contribution in [1.82, 2.24) is 20.6 Å². The summed E-state index contributed by atoms with van der Waals surface area (Å²) < 4.78 is 5.04. The van der Waals surface area contributed by atoms with Crippen LogP contribution in [-0.2, 0) is 17.8 Å². The zero-order valence-electron chi connectivity index (χ0n) is 11.3. The van der Waals surface area contributed by atoms with Crippen LogP contribution in [0.4, 0.5) is 4.79 Å². The minimum absolute atomic E-state index is 0.145. The van der Waals surface area contributed by atoms with Crippen molar-refractivity contribution in [3.63, 3.8) is 0 Å². The molecule has 0 saturated heterocycles. The molecule has 0 bridgehead atoms. The van der Waals surface area contributed by atoms with Gasteiger partial charge >= 0.3 is 6.09 Å². The third-order valence-electron chi connectivity index (χ3n) is 2.49. The van der Waals surface area contributed by atoms with Crippen molar-refractivity contribution >= 4 is 23.3 Å². The highest BCUT2D eigenvalue weighted by atomic mass is 32.1.